The van der Waals surface area contributed by atoms with Crippen molar-refractivity contribution in [2.45, 2.75) is 26.9 Å². The molecule has 3 rings (SSSR count). The summed E-state index contributed by atoms with van der Waals surface area (Å²) >= 11 is 0. The van der Waals surface area contributed by atoms with Gasteiger partial charge in [-0.3, -0.25) is 4.79 Å². The van der Waals surface area contributed by atoms with Gasteiger partial charge < -0.3 is 4.74 Å². The normalized spacial score (nSPS) is 13.9. The number of fused-ring (bicyclic) bond motifs is 1. The number of benzene rings is 2. The van der Waals surface area contributed by atoms with E-state index in [2.05, 4.69) is 31.2 Å². The zero-order valence-electron chi connectivity index (χ0n) is 11.9. The molecule has 2 heteroatoms. The Labute approximate surface area is 119 Å². The summed E-state index contributed by atoms with van der Waals surface area (Å²) in [7, 11) is 0. The molecule has 0 unspecified atom stereocenters. The molecule has 102 valence electrons. The molecule has 0 saturated carbocycles. The third-order valence-corrected chi connectivity index (χ3v) is 4.06. The van der Waals surface area contributed by atoms with Crippen molar-refractivity contribution in [3.63, 3.8) is 0 Å². The number of aldehydes is 1. The molecule has 0 saturated heterocycles. The van der Waals surface area contributed by atoms with Gasteiger partial charge in [-0.2, -0.15) is 0 Å². The molecule has 20 heavy (non-hydrogen) atoms. The average Bonchev–Trinajstić information content (AvgIpc) is 2.48. The second-order valence-electron chi connectivity index (χ2n) is 5.39. The van der Waals surface area contributed by atoms with Gasteiger partial charge in [-0.1, -0.05) is 30.3 Å². The van der Waals surface area contributed by atoms with Crippen LogP contribution in [-0.4, -0.2) is 12.9 Å². The Morgan fingerprint density at radius 1 is 1.05 bits per heavy atom. The Morgan fingerprint density at radius 3 is 2.65 bits per heavy atom. The highest BCUT2D eigenvalue weighted by molar-refractivity contribution is 5.91. The molecule has 0 atom stereocenters. The number of carbonyl (C=O) groups is 1. The van der Waals surface area contributed by atoms with Crippen LogP contribution in [0, 0.1) is 13.8 Å². The highest BCUT2D eigenvalue weighted by Gasteiger charge is 2.14. The van der Waals surface area contributed by atoms with Crippen molar-refractivity contribution in [1.29, 1.82) is 0 Å². The number of carbonyl (C=O) groups excluding carboxylic acids is 1. The molecule has 0 N–H and O–H groups in total. The van der Waals surface area contributed by atoms with E-state index in [0.717, 1.165) is 47.1 Å². The molecule has 2 nitrogen and oxygen atoms in total. The van der Waals surface area contributed by atoms with E-state index in [0.29, 0.717) is 6.61 Å². The van der Waals surface area contributed by atoms with E-state index in [9.17, 15) is 4.79 Å². The third kappa shape index (κ3) is 2.16. The summed E-state index contributed by atoms with van der Waals surface area (Å²) in [6, 6.07) is 10.5. The molecule has 2 aromatic carbocycles. The predicted octanol–water partition coefficient (Wildman–Crippen LogP) is 3.86. The summed E-state index contributed by atoms with van der Waals surface area (Å²) in [6.07, 6.45) is 1.92. The first kappa shape index (κ1) is 13.1. The number of hydrogen-bond donors (Lipinski definition) is 0. The fourth-order valence-electron chi connectivity index (χ4n) is 2.89. The zero-order valence-corrected chi connectivity index (χ0v) is 11.9. The van der Waals surface area contributed by atoms with Crippen LogP contribution < -0.4 is 0 Å². The number of aryl methyl sites for hydroxylation is 2. The molecule has 1 heterocycles. The van der Waals surface area contributed by atoms with E-state index in [1.165, 1.54) is 11.1 Å². The lowest BCUT2D eigenvalue weighted by Gasteiger charge is -2.19. The van der Waals surface area contributed by atoms with Gasteiger partial charge in [0.25, 0.3) is 0 Å². The molecule has 1 aliphatic rings. The minimum absolute atomic E-state index is 0.697. The molecular weight excluding hydrogens is 248 g/mol. The van der Waals surface area contributed by atoms with Crippen molar-refractivity contribution in [2.24, 2.45) is 0 Å². The van der Waals surface area contributed by atoms with E-state index in [4.69, 9.17) is 4.74 Å². The number of hydrogen-bond acceptors (Lipinski definition) is 2. The highest BCUT2D eigenvalue weighted by Crippen LogP contribution is 2.31. The van der Waals surface area contributed by atoms with Gasteiger partial charge in [-0.25, -0.2) is 0 Å². The fourth-order valence-corrected chi connectivity index (χ4v) is 2.89. The molecular formula is C18H18O2. The molecule has 0 aromatic heterocycles. The van der Waals surface area contributed by atoms with Crippen molar-refractivity contribution >= 4 is 6.29 Å². The molecule has 0 spiro atoms. The van der Waals surface area contributed by atoms with Crippen molar-refractivity contribution in [3.8, 4) is 11.1 Å². The molecule has 1 aliphatic heterocycles. The fraction of sp³-hybridized carbons (Fsp3) is 0.278. The van der Waals surface area contributed by atoms with Crippen molar-refractivity contribution in [1.82, 2.24) is 0 Å². The molecule has 0 aliphatic carbocycles. The molecule has 0 fully saturated rings. The molecule has 0 bridgehead atoms. The van der Waals surface area contributed by atoms with E-state index in [1.54, 1.807) is 0 Å². The van der Waals surface area contributed by atoms with Crippen LogP contribution in [0.25, 0.3) is 11.1 Å². The second kappa shape index (κ2) is 5.22. The zero-order chi connectivity index (χ0) is 14.1. The summed E-state index contributed by atoms with van der Waals surface area (Å²) in [5.41, 5.74) is 7.77. The van der Waals surface area contributed by atoms with Gasteiger partial charge in [0.05, 0.1) is 13.2 Å². The van der Waals surface area contributed by atoms with Crippen LogP contribution in [0.5, 0.6) is 0 Å². The minimum Gasteiger partial charge on any atom is -0.376 e. The first-order chi connectivity index (χ1) is 9.70. The Morgan fingerprint density at radius 2 is 1.85 bits per heavy atom. The van der Waals surface area contributed by atoms with Crippen LogP contribution in [0.4, 0.5) is 0 Å². The maximum Gasteiger partial charge on any atom is 0.150 e. The third-order valence-electron chi connectivity index (χ3n) is 4.06. The van der Waals surface area contributed by atoms with Gasteiger partial charge in [-0.15, -0.1) is 0 Å². The van der Waals surface area contributed by atoms with Gasteiger partial charge in [-0.05, 0) is 53.6 Å². The molecule has 2 aromatic rings. The van der Waals surface area contributed by atoms with E-state index in [1.807, 2.05) is 13.0 Å². The van der Waals surface area contributed by atoms with Crippen molar-refractivity contribution in [2.75, 3.05) is 6.61 Å². The largest absolute Gasteiger partial charge is 0.376 e. The van der Waals surface area contributed by atoms with Crippen molar-refractivity contribution in [3.05, 3.63) is 58.1 Å². The van der Waals surface area contributed by atoms with Crippen LogP contribution in [0.3, 0.4) is 0 Å². The molecule has 0 radical (unpaired) electrons. The summed E-state index contributed by atoms with van der Waals surface area (Å²) in [4.78, 5) is 11.4. The van der Waals surface area contributed by atoms with Crippen LogP contribution in [-0.2, 0) is 17.8 Å². The van der Waals surface area contributed by atoms with Gasteiger partial charge in [0.2, 0.25) is 0 Å². The lowest BCUT2D eigenvalue weighted by molar-refractivity contribution is 0.110. The van der Waals surface area contributed by atoms with Crippen LogP contribution in [0.15, 0.2) is 30.3 Å². The first-order valence-electron chi connectivity index (χ1n) is 6.96. The number of rotatable bonds is 2. The lowest BCUT2D eigenvalue weighted by Crippen LogP contribution is -2.09. The molecule has 0 amide bonds. The monoisotopic (exact) mass is 266 g/mol. The van der Waals surface area contributed by atoms with E-state index >= 15 is 0 Å². The topological polar surface area (TPSA) is 26.3 Å². The quantitative estimate of drug-likeness (QED) is 0.772. The first-order valence-corrected chi connectivity index (χ1v) is 6.96. The average molecular weight is 266 g/mol. The van der Waals surface area contributed by atoms with Crippen molar-refractivity contribution < 1.29 is 9.53 Å². The van der Waals surface area contributed by atoms with Crippen LogP contribution >= 0.6 is 0 Å². The minimum atomic E-state index is 0.697. The summed E-state index contributed by atoms with van der Waals surface area (Å²) in [5.74, 6) is 0. The van der Waals surface area contributed by atoms with Gasteiger partial charge in [0.15, 0.2) is 6.29 Å². The van der Waals surface area contributed by atoms with E-state index < -0.39 is 0 Å². The standard InChI is InChI=1S/C18H18O2/c1-12-3-4-13(2)18(17(12)10-19)15-5-6-16-11-20-8-7-14(16)9-15/h3-6,9-10H,7-8,11H2,1-2H3. The van der Waals surface area contributed by atoms with Gasteiger partial charge in [0.1, 0.15) is 0 Å². The Hall–Kier alpha value is -1.93. The number of ether oxygens (including phenoxy) is 1. The lowest BCUT2D eigenvalue weighted by atomic mass is 9.90. The maximum absolute atomic E-state index is 11.4. The van der Waals surface area contributed by atoms with Crippen LogP contribution in [0.2, 0.25) is 0 Å². The van der Waals surface area contributed by atoms with Gasteiger partial charge >= 0.3 is 0 Å². The van der Waals surface area contributed by atoms with E-state index in [-0.39, 0.29) is 0 Å². The predicted molar refractivity (Wildman–Crippen MR) is 80.1 cm³/mol. The maximum atomic E-state index is 11.4. The Kier molecular flexibility index (Phi) is 3.41. The van der Waals surface area contributed by atoms with Crippen LogP contribution in [0.1, 0.15) is 32.6 Å². The summed E-state index contributed by atoms with van der Waals surface area (Å²) < 4.78 is 5.47. The van der Waals surface area contributed by atoms with Gasteiger partial charge in [0, 0.05) is 5.56 Å². The smallest absolute Gasteiger partial charge is 0.150 e. The summed E-state index contributed by atoms with van der Waals surface area (Å²) in [5, 5.41) is 0. The summed E-state index contributed by atoms with van der Waals surface area (Å²) in [6.45, 7) is 5.52. The SMILES string of the molecule is Cc1ccc(C)c(-c2ccc3c(c2)CCOC3)c1C=O. The Bertz CT molecular complexity index is 671. The Balaban J connectivity index is 2.18. The second-order valence-corrected chi connectivity index (χ2v) is 5.39. The highest BCUT2D eigenvalue weighted by atomic mass is 16.5.